The van der Waals surface area contributed by atoms with E-state index in [1.54, 1.807) is 0 Å². The Hall–Kier alpha value is -0.570. The number of aliphatic carboxylic acids is 1. The summed E-state index contributed by atoms with van der Waals surface area (Å²) in [4.78, 5) is 10.9. The Labute approximate surface area is 79.5 Å². The SMILES string of the molecule is CCC(CC)C1CNCC1C(=O)O. The monoisotopic (exact) mass is 185 g/mol. The van der Waals surface area contributed by atoms with Gasteiger partial charge < -0.3 is 10.4 Å². The molecule has 0 aromatic heterocycles. The van der Waals surface area contributed by atoms with Crippen molar-refractivity contribution in [2.24, 2.45) is 17.8 Å². The lowest BCUT2D eigenvalue weighted by molar-refractivity contribution is -0.143. The van der Waals surface area contributed by atoms with Crippen LogP contribution in [-0.4, -0.2) is 24.2 Å². The number of nitrogens with one attached hydrogen (secondary N) is 1. The molecule has 0 saturated carbocycles. The molecule has 2 unspecified atom stereocenters. The topological polar surface area (TPSA) is 49.3 Å². The molecule has 0 radical (unpaired) electrons. The van der Waals surface area contributed by atoms with Crippen LogP contribution in [0.2, 0.25) is 0 Å². The van der Waals surface area contributed by atoms with Gasteiger partial charge in [0.15, 0.2) is 0 Å². The lowest BCUT2D eigenvalue weighted by Crippen LogP contribution is -2.27. The van der Waals surface area contributed by atoms with E-state index < -0.39 is 5.97 Å². The fraction of sp³-hybridized carbons (Fsp3) is 0.900. The molecular formula is C10H19NO2. The van der Waals surface area contributed by atoms with Crippen LogP contribution in [0.3, 0.4) is 0 Å². The van der Waals surface area contributed by atoms with E-state index in [0.717, 1.165) is 19.4 Å². The van der Waals surface area contributed by atoms with Crippen LogP contribution < -0.4 is 5.32 Å². The second-order valence-electron chi connectivity index (χ2n) is 3.84. The summed E-state index contributed by atoms with van der Waals surface area (Å²) in [7, 11) is 0. The van der Waals surface area contributed by atoms with Gasteiger partial charge in [0.2, 0.25) is 0 Å². The van der Waals surface area contributed by atoms with Crippen molar-refractivity contribution in [1.82, 2.24) is 5.32 Å². The summed E-state index contributed by atoms with van der Waals surface area (Å²) < 4.78 is 0. The molecule has 76 valence electrons. The molecule has 0 aliphatic carbocycles. The highest BCUT2D eigenvalue weighted by Crippen LogP contribution is 2.29. The van der Waals surface area contributed by atoms with Crippen LogP contribution in [0.5, 0.6) is 0 Å². The van der Waals surface area contributed by atoms with Gasteiger partial charge in [0, 0.05) is 6.54 Å². The second-order valence-corrected chi connectivity index (χ2v) is 3.84. The molecule has 1 aliphatic heterocycles. The zero-order chi connectivity index (χ0) is 9.84. The second kappa shape index (κ2) is 4.61. The molecular weight excluding hydrogens is 166 g/mol. The molecule has 1 heterocycles. The van der Waals surface area contributed by atoms with Crippen LogP contribution >= 0.6 is 0 Å². The van der Waals surface area contributed by atoms with E-state index in [-0.39, 0.29) is 5.92 Å². The predicted molar refractivity (Wildman–Crippen MR) is 51.6 cm³/mol. The van der Waals surface area contributed by atoms with Crippen molar-refractivity contribution in [2.45, 2.75) is 26.7 Å². The van der Waals surface area contributed by atoms with Crippen molar-refractivity contribution in [1.29, 1.82) is 0 Å². The number of carboxylic acid groups (broad SMARTS) is 1. The lowest BCUT2D eigenvalue weighted by atomic mass is 9.81. The third-order valence-electron chi connectivity index (χ3n) is 3.23. The highest BCUT2D eigenvalue weighted by Gasteiger charge is 2.36. The van der Waals surface area contributed by atoms with E-state index in [0.29, 0.717) is 18.4 Å². The smallest absolute Gasteiger partial charge is 0.308 e. The van der Waals surface area contributed by atoms with Gasteiger partial charge in [-0.3, -0.25) is 4.79 Å². The summed E-state index contributed by atoms with van der Waals surface area (Å²) in [5.41, 5.74) is 0. The zero-order valence-electron chi connectivity index (χ0n) is 8.42. The number of hydrogen-bond donors (Lipinski definition) is 2. The highest BCUT2D eigenvalue weighted by molar-refractivity contribution is 5.71. The minimum absolute atomic E-state index is 0.162. The quantitative estimate of drug-likeness (QED) is 0.695. The van der Waals surface area contributed by atoms with Gasteiger partial charge in [0.25, 0.3) is 0 Å². The molecule has 1 saturated heterocycles. The fourth-order valence-corrected chi connectivity index (χ4v) is 2.36. The standard InChI is InChI=1S/C10H19NO2/c1-3-7(4-2)8-5-11-6-9(8)10(12)13/h7-9,11H,3-6H2,1-2H3,(H,12,13). The first-order valence-electron chi connectivity index (χ1n) is 5.14. The lowest BCUT2D eigenvalue weighted by Gasteiger charge is -2.23. The Morgan fingerprint density at radius 1 is 1.46 bits per heavy atom. The van der Waals surface area contributed by atoms with Crippen LogP contribution in [0.25, 0.3) is 0 Å². The summed E-state index contributed by atoms with van der Waals surface area (Å²) in [6, 6.07) is 0. The first kappa shape index (κ1) is 10.5. The van der Waals surface area contributed by atoms with Crippen molar-refractivity contribution in [3.63, 3.8) is 0 Å². The van der Waals surface area contributed by atoms with Crippen molar-refractivity contribution < 1.29 is 9.90 Å². The average Bonchev–Trinajstić information content (AvgIpc) is 2.55. The zero-order valence-corrected chi connectivity index (χ0v) is 8.42. The average molecular weight is 185 g/mol. The van der Waals surface area contributed by atoms with E-state index in [9.17, 15) is 4.79 Å². The molecule has 0 amide bonds. The van der Waals surface area contributed by atoms with Gasteiger partial charge in [-0.2, -0.15) is 0 Å². The molecule has 1 rings (SSSR count). The summed E-state index contributed by atoms with van der Waals surface area (Å²) in [5.74, 6) is 0.107. The number of carbonyl (C=O) groups is 1. The molecule has 1 fully saturated rings. The number of hydrogen-bond acceptors (Lipinski definition) is 2. The normalized spacial score (nSPS) is 28.2. The molecule has 0 aromatic carbocycles. The van der Waals surface area contributed by atoms with Crippen molar-refractivity contribution >= 4 is 5.97 Å². The molecule has 3 nitrogen and oxygen atoms in total. The summed E-state index contributed by atoms with van der Waals surface area (Å²) in [5, 5.41) is 12.2. The van der Waals surface area contributed by atoms with Gasteiger partial charge in [-0.25, -0.2) is 0 Å². The minimum Gasteiger partial charge on any atom is -0.481 e. The number of rotatable bonds is 4. The van der Waals surface area contributed by atoms with Crippen molar-refractivity contribution in [2.75, 3.05) is 13.1 Å². The third kappa shape index (κ3) is 2.21. The van der Waals surface area contributed by atoms with Gasteiger partial charge in [-0.15, -0.1) is 0 Å². The Morgan fingerprint density at radius 3 is 2.54 bits per heavy atom. The molecule has 0 aromatic rings. The molecule has 0 bridgehead atoms. The van der Waals surface area contributed by atoms with E-state index in [4.69, 9.17) is 5.11 Å². The highest BCUT2D eigenvalue weighted by atomic mass is 16.4. The molecule has 2 N–H and O–H groups in total. The molecule has 13 heavy (non-hydrogen) atoms. The van der Waals surface area contributed by atoms with Gasteiger partial charge in [-0.05, 0) is 18.4 Å². The van der Waals surface area contributed by atoms with Gasteiger partial charge in [0.1, 0.15) is 0 Å². The third-order valence-corrected chi connectivity index (χ3v) is 3.23. The Bertz CT molecular complexity index is 178. The van der Waals surface area contributed by atoms with E-state index in [1.807, 2.05) is 0 Å². The summed E-state index contributed by atoms with van der Waals surface area (Å²) in [6.45, 7) is 5.82. The Balaban J connectivity index is 2.61. The maximum atomic E-state index is 10.9. The van der Waals surface area contributed by atoms with Crippen LogP contribution in [0, 0.1) is 17.8 Å². The maximum absolute atomic E-state index is 10.9. The summed E-state index contributed by atoms with van der Waals surface area (Å²) in [6.07, 6.45) is 2.18. The maximum Gasteiger partial charge on any atom is 0.308 e. The summed E-state index contributed by atoms with van der Waals surface area (Å²) >= 11 is 0. The minimum atomic E-state index is -0.637. The molecule has 2 atom stereocenters. The number of carboxylic acids is 1. The Kier molecular flexibility index (Phi) is 3.72. The van der Waals surface area contributed by atoms with E-state index >= 15 is 0 Å². The van der Waals surface area contributed by atoms with E-state index in [1.165, 1.54) is 0 Å². The van der Waals surface area contributed by atoms with Gasteiger partial charge >= 0.3 is 5.97 Å². The van der Waals surface area contributed by atoms with Crippen molar-refractivity contribution in [3.8, 4) is 0 Å². The fourth-order valence-electron chi connectivity index (χ4n) is 2.36. The van der Waals surface area contributed by atoms with Gasteiger partial charge in [0.05, 0.1) is 5.92 Å². The first-order valence-corrected chi connectivity index (χ1v) is 5.14. The van der Waals surface area contributed by atoms with E-state index in [2.05, 4.69) is 19.2 Å². The molecule has 3 heteroatoms. The van der Waals surface area contributed by atoms with Crippen molar-refractivity contribution in [3.05, 3.63) is 0 Å². The van der Waals surface area contributed by atoms with Crippen LogP contribution in [0.15, 0.2) is 0 Å². The molecule has 0 spiro atoms. The Morgan fingerprint density at radius 2 is 2.08 bits per heavy atom. The van der Waals surface area contributed by atoms with Gasteiger partial charge in [-0.1, -0.05) is 26.7 Å². The first-order chi connectivity index (χ1) is 6.20. The molecule has 1 aliphatic rings. The van der Waals surface area contributed by atoms with Crippen LogP contribution in [0.4, 0.5) is 0 Å². The largest absolute Gasteiger partial charge is 0.481 e. The predicted octanol–water partition coefficient (Wildman–Crippen LogP) is 1.34. The van der Waals surface area contributed by atoms with Crippen LogP contribution in [0.1, 0.15) is 26.7 Å². The van der Waals surface area contributed by atoms with Crippen LogP contribution in [-0.2, 0) is 4.79 Å².